The Kier molecular flexibility index (Phi) is 6.68. The molecule has 0 saturated heterocycles. The maximum Gasteiger partial charge on any atom is 0.339 e. The lowest BCUT2D eigenvalue weighted by molar-refractivity contribution is -0.145. The highest BCUT2D eigenvalue weighted by molar-refractivity contribution is 6.35. The lowest BCUT2D eigenvalue weighted by atomic mass is 10.1. The molecule has 0 bridgehead atoms. The number of aromatic nitrogens is 1. The predicted molar refractivity (Wildman–Crippen MR) is 102 cm³/mol. The molecule has 1 atom stereocenters. The van der Waals surface area contributed by atoms with Crippen molar-refractivity contribution < 1.29 is 23.9 Å². The van der Waals surface area contributed by atoms with E-state index in [1.807, 2.05) is 0 Å². The van der Waals surface area contributed by atoms with Gasteiger partial charge in [-0.25, -0.2) is 4.79 Å². The number of Topliss-reactive ketones (excluding diaryl/α,β-unsaturated/α-hetero) is 1. The molecule has 0 aliphatic carbocycles. The summed E-state index contributed by atoms with van der Waals surface area (Å²) in [5, 5.41) is 0.802. The Labute approximate surface area is 166 Å². The number of esters is 2. The largest absolute Gasteiger partial charge is 0.465 e. The number of methoxy groups -OCH3 is 1. The highest BCUT2D eigenvalue weighted by atomic mass is 35.5. The van der Waals surface area contributed by atoms with Crippen LogP contribution in [0, 0.1) is 13.8 Å². The molecule has 0 spiro atoms. The zero-order valence-corrected chi connectivity index (χ0v) is 16.8. The fourth-order valence-electron chi connectivity index (χ4n) is 2.72. The summed E-state index contributed by atoms with van der Waals surface area (Å²) in [6, 6.07) is 4.77. The fourth-order valence-corrected chi connectivity index (χ4v) is 3.20. The zero-order valence-electron chi connectivity index (χ0n) is 15.3. The number of ketones is 1. The van der Waals surface area contributed by atoms with E-state index in [-0.39, 0.29) is 12.1 Å². The molecule has 1 aromatic heterocycles. The van der Waals surface area contributed by atoms with Crippen molar-refractivity contribution in [3.63, 3.8) is 0 Å². The van der Waals surface area contributed by atoms with Crippen LogP contribution in [0.15, 0.2) is 18.2 Å². The van der Waals surface area contributed by atoms with Crippen LogP contribution in [0.1, 0.15) is 44.6 Å². The number of halogens is 2. The molecule has 0 radical (unpaired) electrons. The van der Waals surface area contributed by atoms with E-state index in [0.717, 1.165) is 0 Å². The van der Waals surface area contributed by atoms with Gasteiger partial charge in [-0.2, -0.15) is 0 Å². The van der Waals surface area contributed by atoms with Crippen LogP contribution in [-0.2, 0) is 20.7 Å². The Morgan fingerprint density at radius 2 is 1.85 bits per heavy atom. The highest BCUT2D eigenvalue weighted by Gasteiger charge is 2.27. The Morgan fingerprint density at radius 1 is 1.19 bits per heavy atom. The molecular formula is C19H19Cl2NO5. The van der Waals surface area contributed by atoms with Crippen molar-refractivity contribution in [2.24, 2.45) is 0 Å². The average molecular weight is 412 g/mol. The summed E-state index contributed by atoms with van der Waals surface area (Å²) in [6.07, 6.45) is -1.13. The molecule has 6 nitrogen and oxygen atoms in total. The lowest BCUT2D eigenvalue weighted by Crippen LogP contribution is -2.26. The van der Waals surface area contributed by atoms with Crippen LogP contribution in [-0.4, -0.2) is 35.9 Å². The van der Waals surface area contributed by atoms with Crippen LogP contribution >= 0.6 is 23.2 Å². The number of rotatable bonds is 6. The van der Waals surface area contributed by atoms with E-state index in [0.29, 0.717) is 32.4 Å². The summed E-state index contributed by atoms with van der Waals surface area (Å²) in [4.78, 5) is 39.5. The molecule has 144 valence electrons. The van der Waals surface area contributed by atoms with Crippen LogP contribution in [0.3, 0.4) is 0 Å². The van der Waals surface area contributed by atoms with Crippen molar-refractivity contribution >= 4 is 40.9 Å². The van der Waals surface area contributed by atoms with E-state index >= 15 is 0 Å². The standard InChI is InChI=1S/C19H19Cl2NO5/c1-9-16(19(25)26-4)10(2)22-17(9)18(24)11(3)27-15(23)7-12-5-6-13(20)8-14(12)21/h5-6,8,11,22H,7H2,1-4H3/t11-/m0/s1. The van der Waals surface area contributed by atoms with E-state index in [1.165, 1.54) is 20.1 Å². The van der Waals surface area contributed by atoms with E-state index in [1.54, 1.807) is 26.0 Å². The number of carbonyl (C=O) groups is 3. The first-order valence-corrected chi connectivity index (χ1v) is 8.86. The Bertz CT molecular complexity index is 904. The van der Waals surface area contributed by atoms with E-state index < -0.39 is 23.8 Å². The Morgan fingerprint density at radius 3 is 2.44 bits per heavy atom. The van der Waals surface area contributed by atoms with Gasteiger partial charge < -0.3 is 14.5 Å². The minimum absolute atomic E-state index is 0.0935. The molecule has 1 aromatic carbocycles. The molecule has 1 N–H and O–H groups in total. The van der Waals surface area contributed by atoms with Gasteiger partial charge in [0.05, 0.1) is 24.8 Å². The van der Waals surface area contributed by atoms with Gasteiger partial charge in [0.1, 0.15) is 0 Å². The van der Waals surface area contributed by atoms with Gasteiger partial charge in [0.15, 0.2) is 6.10 Å². The molecule has 0 aliphatic heterocycles. The third-order valence-corrected chi connectivity index (χ3v) is 4.69. The number of aryl methyl sites for hydroxylation is 1. The smallest absolute Gasteiger partial charge is 0.339 e. The summed E-state index contributed by atoms with van der Waals surface area (Å²) in [6.45, 7) is 4.76. The Balaban J connectivity index is 2.11. The summed E-state index contributed by atoms with van der Waals surface area (Å²) >= 11 is 11.9. The third kappa shape index (κ3) is 4.70. The molecule has 0 saturated carbocycles. The SMILES string of the molecule is COC(=O)c1c(C)[nH]c(C(=O)[C@H](C)OC(=O)Cc2ccc(Cl)cc2Cl)c1C. The van der Waals surface area contributed by atoms with Crippen molar-refractivity contribution in [2.75, 3.05) is 7.11 Å². The monoisotopic (exact) mass is 411 g/mol. The first kappa shape index (κ1) is 21.0. The maximum absolute atomic E-state index is 12.6. The van der Waals surface area contributed by atoms with Gasteiger partial charge in [0.25, 0.3) is 0 Å². The van der Waals surface area contributed by atoms with E-state index in [4.69, 9.17) is 32.7 Å². The normalized spacial score (nSPS) is 11.8. The third-order valence-electron chi connectivity index (χ3n) is 4.10. The zero-order chi connectivity index (χ0) is 20.3. The number of carbonyl (C=O) groups excluding carboxylic acids is 3. The van der Waals surface area contributed by atoms with Crippen LogP contribution in [0.5, 0.6) is 0 Å². The van der Waals surface area contributed by atoms with Crippen LogP contribution in [0.4, 0.5) is 0 Å². The van der Waals surface area contributed by atoms with Crippen LogP contribution in [0.2, 0.25) is 10.0 Å². The van der Waals surface area contributed by atoms with Crippen molar-refractivity contribution in [3.8, 4) is 0 Å². The molecule has 2 rings (SSSR count). The molecule has 0 aliphatic rings. The number of ether oxygens (including phenoxy) is 2. The first-order chi connectivity index (χ1) is 12.6. The van der Waals surface area contributed by atoms with Crippen molar-refractivity contribution in [2.45, 2.75) is 33.3 Å². The highest BCUT2D eigenvalue weighted by Crippen LogP contribution is 2.23. The van der Waals surface area contributed by atoms with Gasteiger partial charge in [-0.15, -0.1) is 0 Å². The number of H-pyrrole nitrogens is 1. The van der Waals surface area contributed by atoms with Gasteiger partial charge in [-0.3, -0.25) is 9.59 Å². The Hall–Kier alpha value is -2.31. The van der Waals surface area contributed by atoms with Gasteiger partial charge in [-0.05, 0) is 44.0 Å². The summed E-state index contributed by atoms with van der Waals surface area (Å²) in [5.41, 5.74) is 2.01. The maximum atomic E-state index is 12.6. The molecular weight excluding hydrogens is 393 g/mol. The molecule has 0 amide bonds. The average Bonchev–Trinajstić information content (AvgIpc) is 2.90. The number of benzene rings is 1. The summed E-state index contributed by atoms with van der Waals surface area (Å²) in [7, 11) is 1.27. The van der Waals surface area contributed by atoms with Gasteiger partial charge >= 0.3 is 11.9 Å². The second-order valence-corrected chi connectivity index (χ2v) is 6.87. The van der Waals surface area contributed by atoms with Crippen LogP contribution < -0.4 is 0 Å². The predicted octanol–water partition coefficient (Wildman–Crippen LogP) is 4.08. The topological polar surface area (TPSA) is 85.5 Å². The second kappa shape index (κ2) is 8.59. The minimum atomic E-state index is -1.04. The summed E-state index contributed by atoms with van der Waals surface area (Å²) in [5.74, 6) is -1.59. The van der Waals surface area contributed by atoms with Gasteiger partial charge in [-0.1, -0.05) is 29.3 Å². The summed E-state index contributed by atoms with van der Waals surface area (Å²) < 4.78 is 9.95. The number of hydrogen-bond acceptors (Lipinski definition) is 5. The van der Waals surface area contributed by atoms with Crippen LogP contribution in [0.25, 0.3) is 0 Å². The van der Waals surface area contributed by atoms with Gasteiger partial charge in [0.2, 0.25) is 5.78 Å². The molecule has 8 heteroatoms. The van der Waals surface area contributed by atoms with E-state index in [9.17, 15) is 14.4 Å². The molecule has 0 unspecified atom stereocenters. The van der Waals surface area contributed by atoms with Gasteiger partial charge in [0, 0.05) is 15.7 Å². The molecule has 0 fully saturated rings. The van der Waals surface area contributed by atoms with Crippen molar-refractivity contribution in [1.82, 2.24) is 4.98 Å². The second-order valence-electron chi connectivity index (χ2n) is 6.03. The number of nitrogens with one attached hydrogen (secondary N) is 1. The number of aromatic amines is 1. The van der Waals surface area contributed by atoms with E-state index in [2.05, 4.69) is 4.98 Å². The number of hydrogen-bond donors (Lipinski definition) is 1. The van der Waals surface area contributed by atoms with Crippen molar-refractivity contribution in [3.05, 3.63) is 56.3 Å². The minimum Gasteiger partial charge on any atom is -0.465 e. The quantitative estimate of drug-likeness (QED) is 0.571. The fraction of sp³-hybridized carbons (Fsp3) is 0.316. The van der Waals surface area contributed by atoms with Crippen molar-refractivity contribution in [1.29, 1.82) is 0 Å². The first-order valence-electron chi connectivity index (χ1n) is 8.10. The molecule has 2 aromatic rings. The molecule has 1 heterocycles. The molecule has 27 heavy (non-hydrogen) atoms. The lowest BCUT2D eigenvalue weighted by Gasteiger charge is -2.13.